The summed E-state index contributed by atoms with van der Waals surface area (Å²) < 4.78 is 2.45. The number of para-hydroxylation sites is 1. The Morgan fingerprint density at radius 2 is 1.62 bits per heavy atom. The fourth-order valence-corrected chi connectivity index (χ4v) is 3.74. The maximum atomic E-state index is 4.70. The Morgan fingerprint density at radius 1 is 0.875 bits per heavy atom. The fraction of sp³-hybridized carbons (Fsp3) is 0.227. The third-order valence-corrected chi connectivity index (χ3v) is 4.74. The van der Waals surface area contributed by atoms with E-state index in [-0.39, 0.29) is 0 Å². The minimum absolute atomic E-state index is 1.02. The van der Waals surface area contributed by atoms with E-state index in [1.165, 1.54) is 27.4 Å². The van der Waals surface area contributed by atoms with Crippen LogP contribution in [-0.4, -0.2) is 9.55 Å². The summed E-state index contributed by atoms with van der Waals surface area (Å²) in [4.78, 5) is 4.70. The van der Waals surface area contributed by atoms with Crippen LogP contribution in [0.1, 0.15) is 23.4 Å². The van der Waals surface area contributed by atoms with Crippen LogP contribution < -0.4 is 0 Å². The van der Waals surface area contributed by atoms with Gasteiger partial charge in [0.15, 0.2) is 0 Å². The highest BCUT2D eigenvalue weighted by Gasteiger charge is 2.13. The van der Waals surface area contributed by atoms with Crippen molar-refractivity contribution in [3.63, 3.8) is 0 Å². The van der Waals surface area contributed by atoms with Gasteiger partial charge in [0.25, 0.3) is 0 Å². The second kappa shape index (κ2) is 6.12. The summed E-state index contributed by atoms with van der Waals surface area (Å²) in [5, 5.41) is 2.66. The van der Waals surface area contributed by atoms with E-state index in [2.05, 4.69) is 79.1 Å². The van der Waals surface area contributed by atoms with Gasteiger partial charge < -0.3 is 4.57 Å². The number of rotatable bonds is 4. The van der Waals surface area contributed by atoms with E-state index in [4.69, 9.17) is 4.98 Å². The molecule has 4 aromatic rings. The topological polar surface area (TPSA) is 17.8 Å². The summed E-state index contributed by atoms with van der Waals surface area (Å²) in [5.41, 5.74) is 6.22. The normalized spacial score (nSPS) is 11.4. The largest absolute Gasteiger partial charge is 0.339 e. The first-order valence-electron chi connectivity index (χ1n) is 8.63. The molecule has 24 heavy (non-hydrogen) atoms. The average molecular weight is 314 g/mol. The zero-order valence-corrected chi connectivity index (χ0v) is 14.3. The predicted octanol–water partition coefficient (Wildman–Crippen LogP) is 5.44. The van der Waals surface area contributed by atoms with Crippen molar-refractivity contribution in [2.45, 2.75) is 33.2 Å². The van der Waals surface area contributed by atoms with E-state index in [9.17, 15) is 0 Å². The van der Waals surface area contributed by atoms with Crippen LogP contribution in [0.4, 0.5) is 0 Å². The molecule has 0 aliphatic heterocycles. The number of fused-ring (bicyclic) bond motifs is 3. The monoisotopic (exact) mass is 314 g/mol. The van der Waals surface area contributed by atoms with Crippen molar-refractivity contribution in [2.24, 2.45) is 0 Å². The highest BCUT2D eigenvalue weighted by molar-refractivity contribution is 6.08. The maximum Gasteiger partial charge on any atom is 0.0707 e. The molecule has 0 spiro atoms. The molecule has 0 amide bonds. The first-order valence-corrected chi connectivity index (χ1v) is 8.63. The summed E-state index contributed by atoms with van der Waals surface area (Å²) in [6, 6.07) is 21.7. The quantitative estimate of drug-likeness (QED) is 0.490. The molecule has 2 heteroatoms. The van der Waals surface area contributed by atoms with Gasteiger partial charge in [-0.15, -0.1) is 0 Å². The minimum Gasteiger partial charge on any atom is -0.339 e. The number of nitrogens with zero attached hydrogens (tertiary/aromatic N) is 2. The predicted molar refractivity (Wildman–Crippen MR) is 101 cm³/mol. The molecular weight excluding hydrogens is 292 g/mol. The molecule has 2 nitrogen and oxygen atoms in total. The van der Waals surface area contributed by atoms with E-state index >= 15 is 0 Å². The molecule has 0 fully saturated rings. The number of hydrogen-bond acceptors (Lipinski definition) is 1. The highest BCUT2D eigenvalue weighted by atomic mass is 15.0. The van der Waals surface area contributed by atoms with Gasteiger partial charge in [0.05, 0.1) is 11.2 Å². The van der Waals surface area contributed by atoms with Crippen LogP contribution in [0.15, 0.2) is 60.7 Å². The molecule has 0 saturated carbocycles. The van der Waals surface area contributed by atoms with Crippen molar-refractivity contribution in [1.82, 2.24) is 9.55 Å². The molecule has 2 heterocycles. The summed E-state index contributed by atoms with van der Waals surface area (Å²) in [5.74, 6) is 0. The zero-order chi connectivity index (χ0) is 16.5. The lowest BCUT2D eigenvalue weighted by Gasteiger charge is -2.09. The van der Waals surface area contributed by atoms with Crippen molar-refractivity contribution >= 4 is 21.8 Å². The lowest BCUT2D eigenvalue weighted by atomic mass is 10.1. The number of hydrogen-bond donors (Lipinski definition) is 0. The molecule has 0 unspecified atom stereocenters. The summed E-state index contributed by atoms with van der Waals surface area (Å²) in [6.07, 6.45) is 2.23. The third kappa shape index (κ3) is 2.58. The number of aromatic nitrogens is 2. The van der Waals surface area contributed by atoms with Crippen LogP contribution in [0.3, 0.4) is 0 Å². The molecule has 0 aliphatic carbocycles. The van der Waals surface area contributed by atoms with Gasteiger partial charge >= 0.3 is 0 Å². The van der Waals surface area contributed by atoms with E-state index < -0.39 is 0 Å². The van der Waals surface area contributed by atoms with Gasteiger partial charge in [-0.05, 0) is 44.4 Å². The SMILES string of the molecule is Cc1cc2c3ccccc3n(CCCc3ccccc3)c2c(C)n1. The smallest absolute Gasteiger partial charge is 0.0707 e. The third-order valence-electron chi connectivity index (χ3n) is 4.74. The Kier molecular flexibility index (Phi) is 3.81. The van der Waals surface area contributed by atoms with Gasteiger partial charge in [0.1, 0.15) is 0 Å². The molecule has 4 rings (SSSR count). The van der Waals surface area contributed by atoms with Crippen LogP contribution >= 0.6 is 0 Å². The molecule has 2 aromatic carbocycles. The average Bonchev–Trinajstić information content (AvgIpc) is 2.90. The van der Waals surface area contributed by atoms with Crippen LogP contribution in [0, 0.1) is 13.8 Å². The van der Waals surface area contributed by atoms with Crippen LogP contribution in [0.25, 0.3) is 21.8 Å². The maximum absolute atomic E-state index is 4.70. The number of aryl methyl sites for hydroxylation is 4. The molecule has 0 saturated heterocycles. The van der Waals surface area contributed by atoms with Gasteiger partial charge in [-0.2, -0.15) is 0 Å². The van der Waals surface area contributed by atoms with Gasteiger partial charge in [-0.1, -0.05) is 48.5 Å². The molecular formula is C22H22N2. The Hall–Kier alpha value is -2.61. The molecule has 120 valence electrons. The van der Waals surface area contributed by atoms with Crippen molar-refractivity contribution in [2.75, 3.05) is 0 Å². The summed E-state index contributed by atoms with van der Waals surface area (Å²) in [6.45, 7) is 5.22. The second-order valence-corrected chi connectivity index (χ2v) is 6.50. The van der Waals surface area contributed by atoms with Crippen molar-refractivity contribution in [3.8, 4) is 0 Å². The lowest BCUT2D eigenvalue weighted by molar-refractivity contribution is 0.676. The van der Waals surface area contributed by atoms with Crippen molar-refractivity contribution < 1.29 is 0 Å². The molecule has 0 radical (unpaired) electrons. The highest BCUT2D eigenvalue weighted by Crippen LogP contribution is 2.31. The Balaban J connectivity index is 1.75. The summed E-state index contributed by atoms with van der Waals surface area (Å²) >= 11 is 0. The standard InChI is InChI=1S/C22H22N2/c1-16-15-20-19-12-6-7-13-21(19)24(22(20)17(2)23-16)14-8-11-18-9-4-3-5-10-18/h3-7,9-10,12-13,15H,8,11,14H2,1-2H3. The molecule has 0 N–H and O–H groups in total. The molecule has 0 bridgehead atoms. The first-order chi connectivity index (χ1) is 11.7. The Morgan fingerprint density at radius 3 is 2.46 bits per heavy atom. The molecule has 0 aliphatic rings. The van der Waals surface area contributed by atoms with E-state index in [0.717, 1.165) is 30.8 Å². The van der Waals surface area contributed by atoms with Crippen molar-refractivity contribution in [3.05, 3.63) is 77.6 Å². The number of pyridine rings is 1. The molecule has 0 atom stereocenters. The van der Waals surface area contributed by atoms with Gasteiger partial charge in [0, 0.05) is 28.5 Å². The zero-order valence-electron chi connectivity index (χ0n) is 14.3. The van der Waals surface area contributed by atoms with Gasteiger partial charge in [-0.3, -0.25) is 4.98 Å². The van der Waals surface area contributed by atoms with Crippen LogP contribution in [-0.2, 0) is 13.0 Å². The van der Waals surface area contributed by atoms with Crippen molar-refractivity contribution in [1.29, 1.82) is 0 Å². The number of benzene rings is 2. The molecule has 2 aromatic heterocycles. The van der Waals surface area contributed by atoms with Crippen LogP contribution in [0.5, 0.6) is 0 Å². The van der Waals surface area contributed by atoms with Gasteiger partial charge in [-0.25, -0.2) is 0 Å². The fourth-order valence-electron chi connectivity index (χ4n) is 3.74. The van der Waals surface area contributed by atoms with E-state index in [1.807, 2.05) is 0 Å². The van der Waals surface area contributed by atoms with Crippen LogP contribution in [0.2, 0.25) is 0 Å². The first kappa shape index (κ1) is 14.9. The summed E-state index contributed by atoms with van der Waals surface area (Å²) in [7, 11) is 0. The Bertz CT molecular complexity index is 997. The van der Waals surface area contributed by atoms with Gasteiger partial charge in [0.2, 0.25) is 0 Å². The van der Waals surface area contributed by atoms with E-state index in [0.29, 0.717) is 0 Å². The minimum atomic E-state index is 1.02. The Labute approximate surface area is 142 Å². The van der Waals surface area contributed by atoms with E-state index in [1.54, 1.807) is 0 Å². The second-order valence-electron chi connectivity index (χ2n) is 6.50. The lowest BCUT2D eigenvalue weighted by Crippen LogP contribution is -2.01.